The second kappa shape index (κ2) is 7.29. The minimum Gasteiger partial charge on any atom is -0.481 e. The first-order valence-corrected chi connectivity index (χ1v) is 12.1. The van der Waals surface area contributed by atoms with E-state index in [2.05, 4.69) is 27.7 Å². The Morgan fingerprint density at radius 3 is 2.43 bits per heavy atom. The molecule has 4 saturated carbocycles. The number of aliphatic carboxylic acids is 1. The second-order valence-electron chi connectivity index (χ2n) is 11.8. The van der Waals surface area contributed by atoms with E-state index in [-0.39, 0.29) is 6.10 Å². The quantitative estimate of drug-likeness (QED) is 0.642. The van der Waals surface area contributed by atoms with Crippen LogP contribution in [0.2, 0.25) is 0 Å². The largest absolute Gasteiger partial charge is 0.481 e. The summed E-state index contributed by atoms with van der Waals surface area (Å²) >= 11 is 0. The molecule has 0 bridgehead atoms. The molecule has 4 fully saturated rings. The predicted octanol–water partition coefficient (Wildman–Crippen LogP) is 5.75. The van der Waals surface area contributed by atoms with Crippen LogP contribution in [0, 0.1) is 52.3 Å². The first-order valence-electron chi connectivity index (χ1n) is 12.1. The van der Waals surface area contributed by atoms with E-state index in [4.69, 9.17) is 5.11 Å². The van der Waals surface area contributed by atoms with Crippen molar-refractivity contribution in [3.63, 3.8) is 0 Å². The van der Waals surface area contributed by atoms with Crippen molar-refractivity contribution < 1.29 is 15.0 Å². The summed E-state index contributed by atoms with van der Waals surface area (Å²) in [4.78, 5) is 11.1. The number of fused-ring (bicyclic) bond motifs is 5. The molecular formula is C25H42O3. The van der Waals surface area contributed by atoms with Gasteiger partial charge in [-0.05, 0) is 110 Å². The van der Waals surface area contributed by atoms with E-state index >= 15 is 0 Å². The summed E-state index contributed by atoms with van der Waals surface area (Å²) in [5, 5.41) is 19.4. The predicted molar refractivity (Wildman–Crippen MR) is 112 cm³/mol. The van der Waals surface area contributed by atoms with Crippen molar-refractivity contribution in [3.05, 3.63) is 0 Å². The molecular weight excluding hydrogens is 348 g/mol. The van der Waals surface area contributed by atoms with Crippen LogP contribution in [0.1, 0.15) is 91.9 Å². The average molecular weight is 391 g/mol. The van der Waals surface area contributed by atoms with Crippen LogP contribution in [0.5, 0.6) is 0 Å². The lowest BCUT2D eigenvalue weighted by molar-refractivity contribution is -0.150. The second-order valence-corrected chi connectivity index (χ2v) is 11.8. The Labute approximate surface area is 171 Å². The highest BCUT2D eigenvalue weighted by molar-refractivity contribution is 5.66. The van der Waals surface area contributed by atoms with Gasteiger partial charge in [-0.1, -0.05) is 27.7 Å². The Hall–Kier alpha value is -0.570. The Balaban J connectivity index is 1.55. The van der Waals surface area contributed by atoms with E-state index in [1.807, 2.05) is 0 Å². The Morgan fingerprint density at radius 2 is 1.71 bits per heavy atom. The zero-order chi connectivity index (χ0) is 20.3. The third kappa shape index (κ3) is 3.15. The van der Waals surface area contributed by atoms with Gasteiger partial charge < -0.3 is 10.2 Å². The van der Waals surface area contributed by atoms with Crippen LogP contribution in [0.15, 0.2) is 0 Å². The van der Waals surface area contributed by atoms with Crippen molar-refractivity contribution in [2.45, 2.75) is 98.0 Å². The number of carboxylic acids is 1. The fraction of sp³-hybridized carbons (Fsp3) is 0.960. The molecule has 0 aliphatic heterocycles. The highest BCUT2D eigenvalue weighted by Gasteiger charge is 2.62. The fourth-order valence-electron chi connectivity index (χ4n) is 9.14. The summed E-state index contributed by atoms with van der Waals surface area (Å²) in [6.07, 6.45) is 11.0. The number of aliphatic hydroxyl groups excluding tert-OH is 1. The standard InChI is InChI=1S/C25H42O3/c1-15(5-8-22(27)28)19-6-7-20-23-16(2)13-17-14-18(26)9-11-24(17,3)21(23)10-12-25(19,20)4/h15-21,23,26H,5-14H2,1-4H3,(H,27,28)/t15-,16?,17-,18-,19?,20?,21?,23?,24+,25-/m1/s1. The molecule has 4 aliphatic carbocycles. The minimum atomic E-state index is -0.644. The maximum Gasteiger partial charge on any atom is 0.303 e. The number of carboxylic acid groups (broad SMARTS) is 1. The molecule has 0 saturated heterocycles. The van der Waals surface area contributed by atoms with Gasteiger partial charge in [-0.2, -0.15) is 0 Å². The van der Waals surface area contributed by atoms with Crippen molar-refractivity contribution in [2.24, 2.45) is 52.3 Å². The summed E-state index contributed by atoms with van der Waals surface area (Å²) in [6, 6.07) is 0. The van der Waals surface area contributed by atoms with Crippen LogP contribution < -0.4 is 0 Å². The molecule has 5 unspecified atom stereocenters. The normalized spacial score (nSPS) is 51.7. The Kier molecular flexibility index (Phi) is 5.39. The van der Waals surface area contributed by atoms with E-state index in [0.717, 1.165) is 42.9 Å². The molecule has 0 aromatic rings. The van der Waals surface area contributed by atoms with Gasteiger partial charge in [0.25, 0.3) is 0 Å². The van der Waals surface area contributed by atoms with Crippen molar-refractivity contribution in [1.82, 2.24) is 0 Å². The topological polar surface area (TPSA) is 57.5 Å². The maximum atomic E-state index is 11.1. The number of hydrogen-bond donors (Lipinski definition) is 2. The first kappa shape index (κ1) is 20.7. The SMILES string of the molecule is CC1C[C@@H]2C[C@H](O)CC[C@]2(C)C2CC[C@@]3(C)C(CCC3[C@H](C)CCC(=O)O)C12. The Morgan fingerprint density at radius 1 is 1.04 bits per heavy atom. The molecule has 28 heavy (non-hydrogen) atoms. The minimum absolute atomic E-state index is 0.0679. The van der Waals surface area contributed by atoms with Crippen LogP contribution in [-0.4, -0.2) is 22.3 Å². The first-order chi connectivity index (χ1) is 13.2. The van der Waals surface area contributed by atoms with Gasteiger partial charge in [0.15, 0.2) is 0 Å². The molecule has 10 atom stereocenters. The molecule has 0 aromatic heterocycles. The fourth-order valence-corrected chi connectivity index (χ4v) is 9.14. The molecule has 0 spiro atoms. The van der Waals surface area contributed by atoms with E-state index in [0.29, 0.717) is 35.0 Å². The van der Waals surface area contributed by atoms with E-state index in [1.165, 1.54) is 38.5 Å². The Bertz CT molecular complexity index is 603. The number of rotatable bonds is 4. The van der Waals surface area contributed by atoms with Crippen molar-refractivity contribution in [3.8, 4) is 0 Å². The summed E-state index contributed by atoms with van der Waals surface area (Å²) in [6.45, 7) is 9.95. The molecule has 2 N–H and O–H groups in total. The zero-order valence-corrected chi connectivity index (χ0v) is 18.5. The number of carbonyl (C=O) groups is 1. The lowest BCUT2D eigenvalue weighted by Crippen LogP contribution is -2.56. The van der Waals surface area contributed by atoms with E-state index < -0.39 is 5.97 Å². The monoisotopic (exact) mass is 390 g/mol. The van der Waals surface area contributed by atoms with Gasteiger partial charge in [0.1, 0.15) is 0 Å². The molecule has 3 heteroatoms. The highest BCUT2D eigenvalue weighted by atomic mass is 16.4. The molecule has 0 heterocycles. The summed E-state index contributed by atoms with van der Waals surface area (Å²) < 4.78 is 0. The molecule has 4 aliphatic rings. The van der Waals surface area contributed by atoms with E-state index in [1.54, 1.807) is 0 Å². The lowest BCUT2D eigenvalue weighted by Gasteiger charge is -2.63. The van der Waals surface area contributed by atoms with Gasteiger partial charge in [0.2, 0.25) is 0 Å². The molecule has 0 amide bonds. The summed E-state index contributed by atoms with van der Waals surface area (Å²) in [5.41, 5.74) is 0.843. The maximum absolute atomic E-state index is 11.1. The summed E-state index contributed by atoms with van der Waals surface area (Å²) in [7, 11) is 0. The third-order valence-corrected chi connectivity index (χ3v) is 10.6. The molecule has 3 nitrogen and oxygen atoms in total. The van der Waals surface area contributed by atoms with Gasteiger partial charge in [0, 0.05) is 6.42 Å². The number of hydrogen-bond acceptors (Lipinski definition) is 2. The highest BCUT2D eigenvalue weighted by Crippen LogP contribution is 2.69. The van der Waals surface area contributed by atoms with Crippen molar-refractivity contribution in [2.75, 3.05) is 0 Å². The smallest absolute Gasteiger partial charge is 0.303 e. The lowest BCUT2D eigenvalue weighted by atomic mass is 9.42. The number of aliphatic hydroxyl groups is 1. The molecule has 0 radical (unpaired) electrons. The zero-order valence-electron chi connectivity index (χ0n) is 18.5. The van der Waals surface area contributed by atoms with Gasteiger partial charge >= 0.3 is 5.97 Å². The molecule has 4 rings (SSSR count). The van der Waals surface area contributed by atoms with Crippen molar-refractivity contribution in [1.29, 1.82) is 0 Å². The van der Waals surface area contributed by atoms with Crippen LogP contribution in [0.3, 0.4) is 0 Å². The average Bonchev–Trinajstić information content (AvgIpc) is 2.98. The van der Waals surface area contributed by atoms with Crippen molar-refractivity contribution >= 4 is 5.97 Å². The molecule has 0 aromatic carbocycles. The summed E-state index contributed by atoms with van der Waals surface area (Å²) in [5.74, 6) is 4.55. The van der Waals surface area contributed by atoms with Crippen LogP contribution in [-0.2, 0) is 4.79 Å². The van der Waals surface area contributed by atoms with Gasteiger partial charge in [-0.25, -0.2) is 0 Å². The van der Waals surface area contributed by atoms with Gasteiger partial charge in [-0.3, -0.25) is 4.79 Å². The van der Waals surface area contributed by atoms with E-state index in [9.17, 15) is 9.90 Å². The van der Waals surface area contributed by atoms with Crippen LogP contribution in [0.25, 0.3) is 0 Å². The molecule has 160 valence electrons. The van der Waals surface area contributed by atoms with Crippen LogP contribution in [0.4, 0.5) is 0 Å². The van der Waals surface area contributed by atoms with Gasteiger partial charge in [0.05, 0.1) is 6.10 Å². The van der Waals surface area contributed by atoms with Gasteiger partial charge in [-0.15, -0.1) is 0 Å². The third-order valence-electron chi connectivity index (χ3n) is 10.6. The van der Waals surface area contributed by atoms with Crippen LogP contribution >= 0.6 is 0 Å².